The van der Waals surface area contributed by atoms with Crippen molar-refractivity contribution in [3.05, 3.63) is 24.3 Å². The number of hydrogen-bond donors (Lipinski definition) is 3. The van der Waals surface area contributed by atoms with E-state index in [1.165, 1.54) is 0 Å². The van der Waals surface area contributed by atoms with Gasteiger partial charge in [-0.15, -0.1) is 0 Å². The molecule has 8 nitrogen and oxygen atoms in total. The average molecular weight is 373 g/mol. The normalized spacial score (nSPS) is 20.5. The quantitative estimate of drug-likeness (QED) is 0.695. The van der Waals surface area contributed by atoms with Crippen LogP contribution in [0.15, 0.2) is 24.3 Å². The van der Waals surface area contributed by atoms with Gasteiger partial charge in [-0.2, -0.15) is 0 Å². The molecule has 27 heavy (non-hydrogen) atoms. The van der Waals surface area contributed by atoms with Gasteiger partial charge in [-0.25, -0.2) is 4.79 Å². The molecule has 3 rings (SSSR count). The number of primary amides is 1. The molecule has 4 amide bonds. The molecule has 2 aliphatic rings. The van der Waals surface area contributed by atoms with Crippen molar-refractivity contribution in [2.24, 2.45) is 11.7 Å². The lowest BCUT2D eigenvalue weighted by molar-refractivity contribution is -0.123. The van der Waals surface area contributed by atoms with Crippen LogP contribution >= 0.6 is 0 Å². The molecule has 0 bridgehead atoms. The molecule has 2 fully saturated rings. The third-order valence-corrected chi connectivity index (χ3v) is 5.11. The molecule has 0 unspecified atom stereocenters. The van der Waals surface area contributed by atoms with Crippen LogP contribution in [0.2, 0.25) is 0 Å². The summed E-state index contributed by atoms with van der Waals surface area (Å²) in [6.45, 7) is 3.46. The monoisotopic (exact) mass is 373 g/mol. The lowest BCUT2D eigenvalue weighted by Crippen LogP contribution is -2.44. The summed E-state index contributed by atoms with van der Waals surface area (Å²) in [6, 6.07) is 7.02. The number of anilines is 2. The largest absolute Gasteiger partial charge is 0.369 e. The number of piperidine rings is 1. The Balaban J connectivity index is 1.44. The zero-order valence-corrected chi connectivity index (χ0v) is 15.4. The summed E-state index contributed by atoms with van der Waals surface area (Å²) in [4.78, 5) is 39.2. The maximum absolute atomic E-state index is 12.1. The number of likely N-dealkylation sites (tertiary alicyclic amines) is 1. The van der Waals surface area contributed by atoms with Crippen molar-refractivity contribution in [2.75, 3.05) is 42.9 Å². The standard InChI is InChI=1S/C19H27N5O3/c20-18(26)14-4-2-9-23(13-14)11-8-21-19(27)22-15-5-1-6-16(12-15)24-10-3-7-17(24)25/h1,5-6,12,14H,2-4,7-11,13H2,(H2,20,26)(H2,21,22,27)/t14-/m0/s1. The minimum Gasteiger partial charge on any atom is -0.369 e. The fourth-order valence-corrected chi connectivity index (χ4v) is 3.67. The summed E-state index contributed by atoms with van der Waals surface area (Å²) in [5.74, 6) is -0.224. The lowest BCUT2D eigenvalue weighted by Gasteiger charge is -2.31. The Bertz CT molecular complexity index is 708. The molecule has 0 spiro atoms. The van der Waals surface area contributed by atoms with E-state index in [1.54, 1.807) is 11.0 Å². The number of nitrogens with zero attached hydrogens (tertiary/aromatic N) is 2. The molecule has 1 aromatic rings. The second kappa shape index (κ2) is 8.85. The Kier molecular flexibility index (Phi) is 6.28. The maximum atomic E-state index is 12.1. The summed E-state index contributed by atoms with van der Waals surface area (Å²) in [5, 5.41) is 5.64. The van der Waals surface area contributed by atoms with E-state index in [2.05, 4.69) is 15.5 Å². The first-order valence-corrected chi connectivity index (χ1v) is 9.50. The van der Waals surface area contributed by atoms with Gasteiger partial charge in [0.1, 0.15) is 0 Å². The second-order valence-corrected chi connectivity index (χ2v) is 7.12. The van der Waals surface area contributed by atoms with E-state index in [4.69, 9.17) is 5.73 Å². The molecule has 146 valence electrons. The molecule has 0 radical (unpaired) electrons. The Labute approximate surface area is 159 Å². The summed E-state index contributed by atoms with van der Waals surface area (Å²) in [6.07, 6.45) is 3.23. The number of urea groups is 1. The maximum Gasteiger partial charge on any atom is 0.319 e. The smallest absolute Gasteiger partial charge is 0.319 e. The minimum atomic E-state index is -0.289. The van der Waals surface area contributed by atoms with Crippen LogP contribution in [0, 0.1) is 5.92 Å². The van der Waals surface area contributed by atoms with Crippen molar-refractivity contribution in [3.8, 4) is 0 Å². The molecule has 2 saturated heterocycles. The van der Waals surface area contributed by atoms with Crippen molar-refractivity contribution in [3.63, 3.8) is 0 Å². The number of nitrogens with two attached hydrogens (primary N) is 1. The van der Waals surface area contributed by atoms with Crippen LogP contribution in [0.1, 0.15) is 25.7 Å². The number of carbonyl (C=O) groups is 3. The third-order valence-electron chi connectivity index (χ3n) is 5.11. The van der Waals surface area contributed by atoms with Crippen LogP contribution in [0.4, 0.5) is 16.2 Å². The summed E-state index contributed by atoms with van der Waals surface area (Å²) in [7, 11) is 0. The van der Waals surface area contributed by atoms with E-state index in [1.807, 2.05) is 18.2 Å². The van der Waals surface area contributed by atoms with Crippen LogP contribution in [0.5, 0.6) is 0 Å². The van der Waals surface area contributed by atoms with Crippen LogP contribution in [0.25, 0.3) is 0 Å². The van der Waals surface area contributed by atoms with Crippen molar-refractivity contribution in [1.29, 1.82) is 0 Å². The Morgan fingerprint density at radius 2 is 2.07 bits per heavy atom. The van der Waals surface area contributed by atoms with Gasteiger partial charge >= 0.3 is 6.03 Å². The Morgan fingerprint density at radius 1 is 1.22 bits per heavy atom. The van der Waals surface area contributed by atoms with Crippen LogP contribution in [0.3, 0.4) is 0 Å². The molecular formula is C19H27N5O3. The van der Waals surface area contributed by atoms with Gasteiger partial charge in [-0.3, -0.25) is 9.59 Å². The molecule has 0 aliphatic carbocycles. The van der Waals surface area contributed by atoms with Crippen molar-refractivity contribution in [1.82, 2.24) is 10.2 Å². The van der Waals surface area contributed by atoms with Crippen LogP contribution < -0.4 is 21.3 Å². The Morgan fingerprint density at radius 3 is 2.81 bits per heavy atom. The molecule has 1 atom stereocenters. The number of amides is 4. The topological polar surface area (TPSA) is 108 Å². The lowest BCUT2D eigenvalue weighted by atomic mass is 9.97. The van der Waals surface area contributed by atoms with Gasteiger partial charge in [-0.1, -0.05) is 6.07 Å². The molecule has 1 aromatic carbocycles. The fourth-order valence-electron chi connectivity index (χ4n) is 3.67. The third kappa shape index (κ3) is 5.19. The summed E-state index contributed by atoms with van der Waals surface area (Å²) in [5.41, 5.74) is 6.84. The highest BCUT2D eigenvalue weighted by molar-refractivity contribution is 5.96. The molecule has 2 heterocycles. The van der Waals surface area contributed by atoms with E-state index in [-0.39, 0.29) is 23.8 Å². The second-order valence-electron chi connectivity index (χ2n) is 7.12. The summed E-state index contributed by atoms with van der Waals surface area (Å²) < 4.78 is 0. The van der Waals surface area contributed by atoms with Gasteiger partial charge in [0.15, 0.2) is 0 Å². The average Bonchev–Trinajstić information content (AvgIpc) is 3.08. The highest BCUT2D eigenvalue weighted by Crippen LogP contribution is 2.24. The zero-order chi connectivity index (χ0) is 19.2. The number of hydrogen-bond acceptors (Lipinski definition) is 4. The molecule has 2 aliphatic heterocycles. The molecule has 0 saturated carbocycles. The summed E-state index contributed by atoms with van der Waals surface area (Å²) >= 11 is 0. The SMILES string of the molecule is NC(=O)[C@H]1CCCN(CCNC(=O)Nc2cccc(N3CCCC3=O)c2)C1. The first kappa shape index (κ1) is 19.2. The Hall–Kier alpha value is -2.61. The van der Waals surface area contributed by atoms with Crippen molar-refractivity contribution >= 4 is 29.2 Å². The van der Waals surface area contributed by atoms with Gasteiger partial charge in [0.2, 0.25) is 11.8 Å². The first-order valence-electron chi connectivity index (χ1n) is 9.50. The zero-order valence-electron chi connectivity index (χ0n) is 15.4. The molecule has 4 N–H and O–H groups in total. The predicted octanol–water partition coefficient (Wildman–Crippen LogP) is 1.13. The number of rotatable bonds is 6. The number of carbonyl (C=O) groups excluding carboxylic acids is 3. The van der Waals surface area contributed by atoms with Gasteiger partial charge in [0, 0.05) is 44.0 Å². The van der Waals surface area contributed by atoms with Crippen LogP contribution in [-0.4, -0.2) is 55.5 Å². The van der Waals surface area contributed by atoms with Gasteiger partial charge in [0.05, 0.1) is 5.92 Å². The molecule has 8 heteroatoms. The van der Waals surface area contributed by atoms with Gasteiger partial charge < -0.3 is 26.2 Å². The van der Waals surface area contributed by atoms with Crippen molar-refractivity contribution < 1.29 is 14.4 Å². The van der Waals surface area contributed by atoms with E-state index in [0.29, 0.717) is 31.7 Å². The van der Waals surface area contributed by atoms with E-state index < -0.39 is 0 Å². The van der Waals surface area contributed by atoms with E-state index >= 15 is 0 Å². The number of benzene rings is 1. The fraction of sp³-hybridized carbons (Fsp3) is 0.526. The predicted molar refractivity (Wildman–Crippen MR) is 103 cm³/mol. The van der Waals surface area contributed by atoms with Gasteiger partial charge in [-0.05, 0) is 44.0 Å². The molecule has 0 aromatic heterocycles. The highest BCUT2D eigenvalue weighted by Gasteiger charge is 2.24. The minimum absolute atomic E-state index is 0.0939. The van der Waals surface area contributed by atoms with Crippen LogP contribution in [-0.2, 0) is 9.59 Å². The molecular weight excluding hydrogens is 346 g/mol. The highest BCUT2D eigenvalue weighted by atomic mass is 16.2. The first-order chi connectivity index (χ1) is 13.0. The van der Waals surface area contributed by atoms with E-state index in [0.717, 1.165) is 38.0 Å². The van der Waals surface area contributed by atoms with E-state index in [9.17, 15) is 14.4 Å². The number of nitrogens with one attached hydrogen (secondary N) is 2. The van der Waals surface area contributed by atoms with Crippen molar-refractivity contribution in [2.45, 2.75) is 25.7 Å². The van der Waals surface area contributed by atoms with Gasteiger partial charge in [0.25, 0.3) is 0 Å².